The molecular weight excluding hydrogens is 434 g/mol. The molecule has 0 aliphatic carbocycles. The molecule has 3 aromatic carbocycles. The first-order valence-corrected chi connectivity index (χ1v) is 11.6. The first-order chi connectivity index (χ1) is 16.1. The van der Waals surface area contributed by atoms with Gasteiger partial charge in [-0.2, -0.15) is 0 Å². The molecule has 4 aromatic rings. The zero-order chi connectivity index (χ0) is 23.0. The molecule has 0 spiro atoms. The van der Waals surface area contributed by atoms with Crippen molar-refractivity contribution in [2.24, 2.45) is 0 Å². The third kappa shape index (κ3) is 5.88. The first-order valence-electron chi connectivity index (χ1n) is 11.2. The zero-order valence-electron chi connectivity index (χ0n) is 18.3. The predicted molar refractivity (Wildman–Crippen MR) is 132 cm³/mol. The Hall–Kier alpha value is -3.44. The highest BCUT2D eigenvalue weighted by atomic mass is 35.5. The lowest BCUT2D eigenvalue weighted by Gasteiger charge is -2.09. The largest absolute Gasteiger partial charge is 0.352 e. The monoisotopic (exact) mass is 459 g/mol. The molecule has 0 unspecified atom stereocenters. The van der Waals surface area contributed by atoms with Crippen LogP contribution in [0.1, 0.15) is 45.8 Å². The minimum absolute atomic E-state index is 0.0275. The average Bonchev–Trinajstić information content (AvgIpc) is 3.19. The van der Waals surface area contributed by atoms with Gasteiger partial charge in [-0.3, -0.25) is 9.59 Å². The minimum Gasteiger partial charge on any atom is -0.352 e. The zero-order valence-corrected chi connectivity index (χ0v) is 19.1. The van der Waals surface area contributed by atoms with Gasteiger partial charge in [-0.15, -0.1) is 0 Å². The molecule has 0 saturated heterocycles. The molecule has 0 fully saturated rings. The van der Waals surface area contributed by atoms with E-state index in [-0.39, 0.29) is 18.2 Å². The number of nitrogens with one attached hydrogen (secondary N) is 1. The van der Waals surface area contributed by atoms with Crippen molar-refractivity contribution in [2.75, 3.05) is 6.54 Å². The van der Waals surface area contributed by atoms with E-state index >= 15 is 0 Å². The van der Waals surface area contributed by atoms with Gasteiger partial charge in [-0.1, -0.05) is 48.4 Å². The van der Waals surface area contributed by atoms with E-state index in [0.717, 1.165) is 42.5 Å². The molecule has 0 atom stereocenters. The molecule has 0 aliphatic rings. The number of halogens is 1. The maximum atomic E-state index is 12.9. The van der Waals surface area contributed by atoms with E-state index in [1.54, 1.807) is 24.3 Å². The molecular formula is C27H26ClN3O2. The van der Waals surface area contributed by atoms with Gasteiger partial charge in [-0.05, 0) is 61.4 Å². The van der Waals surface area contributed by atoms with Gasteiger partial charge in [0.05, 0.1) is 17.6 Å². The van der Waals surface area contributed by atoms with Crippen LogP contribution >= 0.6 is 11.6 Å². The molecule has 1 N–H and O–H groups in total. The highest BCUT2D eigenvalue weighted by Gasteiger charge is 2.15. The average molecular weight is 460 g/mol. The minimum atomic E-state index is -0.0434. The van der Waals surface area contributed by atoms with Crippen molar-refractivity contribution in [3.63, 3.8) is 0 Å². The van der Waals surface area contributed by atoms with Crippen LogP contribution in [0.3, 0.4) is 0 Å². The van der Waals surface area contributed by atoms with Gasteiger partial charge >= 0.3 is 0 Å². The van der Waals surface area contributed by atoms with Gasteiger partial charge in [0.2, 0.25) is 0 Å². The molecule has 0 radical (unpaired) electrons. The Kier molecular flexibility index (Phi) is 7.53. The molecule has 5 nitrogen and oxygen atoms in total. The van der Waals surface area contributed by atoms with Crippen molar-refractivity contribution in [2.45, 2.75) is 32.2 Å². The SMILES string of the molecule is O=C(Cn1c(CCCCCNC(=O)c2ccccc2)nc2ccccc21)c1ccc(Cl)cc1. The van der Waals surface area contributed by atoms with Crippen LogP contribution in [0.15, 0.2) is 78.9 Å². The van der Waals surface area contributed by atoms with Crippen molar-refractivity contribution in [3.8, 4) is 0 Å². The maximum Gasteiger partial charge on any atom is 0.251 e. The van der Waals surface area contributed by atoms with E-state index in [4.69, 9.17) is 16.6 Å². The Morgan fingerprint density at radius 1 is 0.818 bits per heavy atom. The Bertz CT molecular complexity index is 1230. The number of rotatable bonds is 10. The summed E-state index contributed by atoms with van der Waals surface area (Å²) in [6, 6.07) is 24.1. The second kappa shape index (κ2) is 10.9. The summed E-state index contributed by atoms with van der Waals surface area (Å²) >= 11 is 5.95. The van der Waals surface area contributed by atoms with Crippen molar-refractivity contribution < 1.29 is 9.59 Å². The molecule has 6 heteroatoms. The third-order valence-electron chi connectivity index (χ3n) is 5.60. The van der Waals surface area contributed by atoms with Crippen LogP contribution in [-0.4, -0.2) is 27.8 Å². The van der Waals surface area contributed by atoms with E-state index < -0.39 is 0 Å². The molecule has 0 bridgehead atoms. The summed E-state index contributed by atoms with van der Waals surface area (Å²) < 4.78 is 2.02. The Morgan fingerprint density at radius 3 is 2.33 bits per heavy atom. The fourth-order valence-corrected chi connectivity index (χ4v) is 3.97. The standard InChI is InChI=1S/C27H26ClN3O2/c28-22-16-14-20(15-17-22)25(32)19-31-24-12-7-6-11-23(24)30-26(31)13-5-2-8-18-29-27(33)21-9-3-1-4-10-21/h1,3-4,6-7,9-12,14-17H,2,5,8,13,18-19H2,(H,29,33). The molecule has 1 amide bonds. The Labute approximate surface area is 198 Å². The lowest BCUT2D eigenvalue weighted by Crippen LogP contribution is -2.24. The van der Waals surface area contributed by atoms with Gasteiger partial charge in [0.25, 0.3) is 5.91 Å². The number of nitrogens with zero attached hydrogens (tertiary/aromatic N) is 2. The van der Waals surface area contributed by atoms with Crippen LogP contribution in [0.5, 0.6) is 0 Å². The quantitative estimate of drug-likeness (QED) is 0.244. The number of unbranched alkanes of at least 4 members (excludes halogenated alkanes) is 2. The first kappa shape index (κ1) is 22.7. The van der Waals surface area contributed by atoms with Gasteiger partial charge in [0, 0.05) is 29.1 Å². The molecule has 33 heavy (non-hydrogen) atoms. The van der Waals surface area contributed by atoms with Crippen LogP contribution in [0.25, 0.3) is 11.0 Å². The number of amides is 1. The predicted octanol–water partition coefficient (Wildman–Crippen LogP) is 5.72. The van der Waals surface area contributed by atoms with E-state index in [9.17, 15) is 9.59 Å². The highest BCUT2D eigenvalue weighted by Crippen LogP contribution is 2.19. The van der Waals surface area contributed by atoms with Crippen LogP contribution in [0.2, 0.25) is 5.02 Å². The van der Waals surface area contributed by atoms with Crippen LogP contribution < -0.4 is 5.32 Å². The Morgan fingerprint density at radius 2 is 1.55 bits per heavy atom. The van der Waals surface area contributed by atoms with Gasteiger partial charge in [0.15, 0.2) is 5.78 Å². The third-order valence-corrected chi connectivity index (χ3v) is 5.85. The number of ketones is 1. The number of aryl methyl sites for hydroxylation is 1. The molecule has 4 rings (SSSR count). The van der Waals surface area contributed by atoms with Crippen LogP contribution in [-0.2, 0) is 13.0 Å². The number of hydrogen-bond acceptors (Lipinski definition) is 3. The summed E-state index contributed by atoms with van der Waals surface area (Å²) in [4.78, 5) is 29.8. The van der Waals surface area contributed by atoms with Crippen molar-refractivity contribution in [1.29, 1.82) is 0 Å². The number of imidazole rings is 1. The number of benzene rings is 3. The summed E-state index contributed by atoms with van der Waals surface area (Å²) in [5, 5.41) is 3.58. The molecule has 1 heterocycles. The number of carbonyl (C=O) groups excluding carboxylic acids is 2. The van der Waals surface area contributed by atoms with Gasteiger partial charge < -0.3 is 9.88 Å². The van der Waals surface area contributed by atoms with Crippen molar-refractivity contribution >= 4 is 34.3 Å². The fourth-order valence-electron chi connectivity index (χ4n) is 3.84. The number of fused-ring (bicyclic) bond motifs is 1. The number of aromatic nitrogens is 2. The molecule has 168 valence electrons. The summed E-state index contributed by atoms with van der Waals surface area (Å²) in [6.45, 7) is 0.879. The van der Waals surface area contributed by atoms with E-state index in [2.05, 4.69) is 5.32 Å². The molecule has 0 aliphatic heterocycles. The number of para-hydroxylation sites is 2. The summed E-state index contributed by atoms with van der Waals surface area (Å²) in [6.07, 6.45) is 3.56. The van der Waals surface area contributed by atoms with E-state index in [0.29, 0.717) is 22.7 Å². The van der Waals surface area contributed by atoms with Crippen molar-refractivity contribution in [1.82, 2.24) is 14.9 Å². The number of Topliss-reactive ketones (excluding diaryl/α,β-unsaturated/α-hetero) is 1. The topological polar surface area (TPSA) is 64.0 Å². The summed E-state index contributed by atoms with van der Waals surface area (Å²) in [5.74, 6) is 0.893. The summed E-state index contributed by atoms with van der Waals surface area (Å²) in [7, 11) is 0. The second-order valence-corrected chi connectivity index (χ2v) is 8.40. The smallest absolute Gasteiger partial charge is 0.251 e. The fraction of sp³-hybridized carbons (Fsp3) is 0.222. The molecule has 0 saturated carbocycles. The second-order valence-electron chi connectivity index (χ2n) is 7.97. The van der Waals surface area contributed by atoms with Crippen LogP contribution in [0.4, 0.5) is 0 Å². The van der Waals surface area contributed by atoms with Gasteiger partial charge in [0.1, 0.15) is 5.82 Å². The Balaban J connectivity index is 1.34. The lowest BCUT2D eigenvalue weighted by atomic mass is 10.1. The van der Waals surface area contributed by atoms with Crippen LogP contribution in [0, 0.1) is 0 Å². The number of hydrogen-bond donors (Lipinski definition) is 1. The molecule has 1 aromatic heterocycles. The lowest BCUT2D eigenvalue weighted by molar-refractivity contribution is 0.0950. The maximum absolute atomic E-state index is 12.9. The number of carbonyl (C=O) groups is 2. The summed E-state index contributed by atoms with van der Waals surface area (Å²) in [5.41, 5.74) is 3.17. The van der Waals surface area contributed by atoms with E-state index in [1.807, 2.05) is 59.2 Å². The normalized spacial score (nSPS) is 10.9. The highest BCUT2D eigenvalue weighted by molar-refractivity contribution is 6.30. The van der Waals surface area contributed by atoms with Gasteiger partial charge in [-0.25, -0.2) is 4.98 Å². The van der Waals surface area contributed by atoms with E-state index in [1.165, 1.54) is 0 Å². The van der Waals surface area contributed by atoms with Crippen molar-refractivity contribution in [3.05, 3.63) is 101 Å².